The Kier molecular flexibility index (Phi) is 4.17. The van der Waals surface area contributed by atoms with E-state index in [4.69, 9.17) is 14.6 Å². The predicted molar refractivity (Wildman–Crippen MR) is 66.7 cm³/mol. The summed E-state index contributed by atoms with van der Waals surface area (Å²) in [5.74, 6) is 0. The summed E-state index contributed by atoms with van der Waals surface area (Å²) in [6.07, 6.45) is 0.0184. The molecule has 5 heteroatoms. The van der Waals surface area contributed by atoms with Gasteiger partial charge in [-0.2, -0.15) is 0 Å². The molecule has 0 radical (unpaired) electrons. The van der Waals surface area contributed by atoms with E-state index >= 15 is 0 Å². The van der Waals surface area contributed by atoms with Gasteiger partial charge in [-0.05, 0) is 24.1 Å². The molecule has 98 valence electrons. The van der Waals surface area contributed by atoms with Crippen LogP contribution in [-0.2, 0) is 15.9 Å². The third kappa shape index (κ3) is 2.80. The summed E-state index contributed by atoms with van der Waals surface area (Å²) in [7, 11) is 1.67. The van der Waals surface area contributed by atoms with E-state index in [0.29, 0.717) is 13.2 Å². The van der Waals surface area contributed by atoms with Crippen LogP contribution in [-0.4, -0.2) is 44.2 Å². The van der Waals surface area contributed by atoms with E-state index in [9.17, 15) is 4.79 Å². The number of ether oxygens (including phenoxy) is 2. The Morgan fingerprint density at radius 2 is 2.17 bits per heavy atom. The second-order valence-electron chi connectivity index (χ2n) is 4.21. The smallest absolute Gasteiger partial charge is 0.414 e. The molecule has 5 nitrogen and oxygen atoms in total. The second-order valence-corrected chi connectivity index (χ2v) is 4.21. The Hall–Kier alpha value is -1.59. The van der Waals surface area contributed by atoms with Crippen LogP contribution in [0.4, 0.5) is 10.5 Å². The van der Waals surface area contributed by atoms with Crippen molar-refractivity contribution in [3.63, 3.8) is 0 Å². The molecule has 1 amide bonds. The normalized spacial score (nSPS) is 19.1. The Balaban J connectivity index is 2.03. The highest BCUT2D eigenvalue weighted by Gasteiger charge is 2.31. The van der Waals surface area contributed by atoms with Gasteiger partial charge in [0.1, 0.15) is 6.10 Å². The first-order chi connectivity index (χ1) is 8.74. The minimum absolute atomic E-state index is 0.145. The molecule has 1 saturated heterocycles. The molecule has 0 aromatic heterocycles. The van der Waals surface area contributed by atoms with Gasteiger partial charge in [-0.3, -0.25) is 4.90 Å². The molecule has 1 unspecified atom stereocenters. The summed E-state index contributed by atoms with van der Waals surface area (Å²) in [6.45, 7) is 0.929. The summed E-state index contributed by atoms with van der Waals surface area (Å²) in [4.78, 5) is 13.1. The maximum Gasteiger partial charge on any atom is 0.414 e. The Morgan fingerprint density at radius 1 is 1.44 bits per heavy atom. The molecular weight excluding hydrogens is 234 g/mol. The van der Waals surface area contributed by atoms with Gasteiger partial charge in [0.15, 0.2) is 0 Å². The SMILES string of the molecule is COCCc1ccc(N2CC(CO)OC2=O)cc1. The summed E-state index contributed by atoms with van der Waals surface area (Å²) in [5, 5.41) is 8.97. The molecule has 1 aliphatic rings. The largest absolute Gasteiger partial charge is 0.441 e. The lowest BCUT2D eigenvalue weighted by Crippen LogP contribution is -2.25. The average Bonchev–Trinajstić information content (AvgIpc) is 2.78. The van der Waals surface area contributed by atoms with Crippen LogP contribution in [0.1, 0.15) is 5.56 Å². The summed E-state index contributed by atoms with van der Waals surface area (Å²) >= 11 is 0. The minimum atomic E-state index is -0.425. The average molecular weight is 251 g/mol. The highest BCUT2D eigenvalue weighted by atomic mass is 16.6. The standard InChI is InChI=1S/C13H17NO4/c1-17-7-6-10-2-4-11(5-3-10)14-8-12(9-15)18-13(14)16/h2-5,12,15H,6-9H2,1H3. The number of carbonyl (C=O) groups is 1. The molecule has 18 heavy (non-hydrogen) atoms. The fourth-order valence-electron chi connectivity index (χ4n) is 1.89. The maximum absolute atomic E-state index is 11.6. The van der Waals surface area contributed by atoms with Crippen LogP contribution in [0.25, 0.3) is 0 Å². The summed E-state index contributed by atoms with van der Waals surface area (Å²) in [6, 6.07) is 7.69. The highest BCUT2D eigenvalue weighted by Crippen LogP contribution is 2.22. The van der Waals surface area contributed by atoms with E-state index < -0.39 is 12.2 Å². The van der Waals surface area contributed by atoms with Gasteiger partial charge < -0.3 is 14.6 Å². The van der Waals surface area contributed by atoms with Crippen molar-refractivity contribution in [1.82, 2.24) is 0 Å². The van der Waals surface area contributed by atoms with Gasteiger partial charge in [0.05, 0.1) is 19.8 Å². The predicted octanol–water partition coefficient (Wildman–Crippen LogP) is 1.19. The van der Waals surface area contributed by atoms with Crippen LogP contribution in [0.5, 0.6) is 0 Å². The van der Waals surface area contributed by atoms with Gasteiger partial charge in [-0.25, -0.2) is 4.79 Å². The molecule has 1 heterocycles. The lowest BCUT2D eigenvalue weighted by Gasteiger charge is -2.13. The number of hydrogen-bond acceptors (Lipinski definition) is 4. The summed E-state index contributed by atoms with van der Waals surface area (Å²) in [5.41, 5.74) is 1.95. The van der Waals surface area contributed by atoms with Crippen molar-refractivity contribution >= 4 is 11.8 Å². The number of rotatable bonds is 5. The van der Waals surface area contributed by atoms with Crippen LogP contribution in [0, 0.1) is 0 Å². The molecule has 1 N–H and O–H groups in total. The molecule has 0 bridgehead atoms. The van der Waals surface area contributed by atoms with Crippen LogP contribution in [0.3, 0.4) is 0 Å². The molecule has 1 aromatic rings. The quantitative estimate of drug-likeness (QED) is 0.854. The number of methoxy groups -OCH3 is 1. The number of carbonyl (C=O) groups excluding carboxylic acids is 1. The number of hydrogen-bond donors (Lipinski definition) is 1. The summed E-state index contributed by atoms with van der Waals surface area (Å²) < 4.78 is 10.00. The Bertz CT molecular complexity index is 404. The molecule has 2 rings (SSSR count). The minimum Gasteiger partial charge on any atom is -0.441 e. The first kappa shape index (κ1) is 12.9. The maximum atomic E-state index is 11.6. The third-order valence-corrected chi connectivity index (χ3v) is 2.92. The molecule has 0 spiro atoms. The number of nitrogens with zero attached hydrogens (tertiary/aromatic N) is 1. The highest BCUT2D eigenvalue weighted by molar-refractivity contribution is 5.89. The third-order valence-electron chi connectivity index (χ3n) is 2.92. The molecule has 1 atom stereocenters. The molecule has 1 aromatic carbocycles. The van der Waals surface area contributed by atoms with Crippen molar-refractivity contribution in [2.75, 3.05) is 31.8 Å². The number of anilines is 1. The molecule has 0 aliphatic carbocycles. The van der Waals surface area contributed by atoms with Gasteiger partial charge in [-0.15, -0.1) is 0 Å². The van der Waals surface area contributed by atoms with E-state index in [2.05, 4.69) is 0 Å². The van der Waals surface area contributed by atoms with Gasteiger partial charge in [-0.1, -0.05) is 12.1 Å². The lowest BCUT2D eigenvalue weighted by molar-refractivity contribution is 0.0963. The monoisotopic (exact) mass is 251 g/mol. The lowest BCUT2D eigenvalue weighted by atomic mass is 10.1. The van der Waals surface area contributed by atoms with Crippen molar-refractivity contribution in [3.8, 4) is 0 Å². The number of aliphatic hydroxyl groups excluding tert-OH is 1. The van der Waals surface area contributed by atoms with Gasteiger partial charge in [0.25, 0.3) is 0 Å². The van der Waals surface area contributed by atoms with Crippen molar-refractivity contribution in [2.45, 2.75) is 12.5 Å². The topological polar surface area (TPSA) is 59.0 Å². The van der Waals surface area contributed by atoms with Crippen LogP contribution in [0.2, 0.25) is 0 Å². The number of cyclic esters (lactones) is 1. The van der Waals surface area contributed by atoms with Crippen molar-refractivity contribution in [2.24, 2.45) is 0 Å². The fourth-order valence-corrected chi connectivity index (χ4v) is 1.89. The van der Waals surface area contributed by atoms with Gasteiger partial charge in [0.2, 0.25) is 0 Å². The zero-order chi connectivity index (χ0) is 13.0. The number of benzene rings is 1. The van der Waals surface area contributed by atoms with E-state index in [1.807, 2.05) is 24.3 Å². The van der Waals surface area contributed by atoms with E-state index in [1.165, 1.54) is 4.90 Å². The van der Waals surface area contributed by atoms with Crippen molar-refractivity contribution < 1.29 is 19.4 Å². The van der Waals surface area contributed by atoms with Crippen LogP contribution < -0.4 is 4.90 Å². The van der Waals surface area contributed by atoms with Crippen molar-refractivity contribution in [1.29, 1.82) is 0 Å². The molecule has 1 aliphatic heterocycles. The first-order valence-electron chi connectivity index (χ1n) is 5.91. The van der Waals surface area contributed by atoms with E-state index in [1.54, 1.807) is 7.11 Å². The fraction of sp³-hybridized carbons (Fsp3) is 0.462. The second kappa shape index (κ2) is 5.84. The molecule has 0 saturated carbocycles. The Labute approximate surface area is 106 Å². The molecular formula is C13H17NO4. The van der Waals surface area contributed by atoms with Crippen LogP contribution in [0.15, 0.2) is 24.3 Å². The van der Waals surface area contributed by atoms with Gasteiger partial charge in [0, 0.05) is 12.8 Å². The van der Waals surface area contributed by atoms with Crippen molar-refractivity contribution in [3.05, 3.63) is 29.8 Å². The zero-order valence-electron chi connectivity index (χ0n) is 10.3. The van der Waals surface area contributed by atoms with Gasteiger partial charge >= 0.3 is 6.09 Å². The van der Waals surface area contributed by atoms with E-state index in [-0.39, 0.29) is 6.61 Å². The molecule has 1 fully saturated rings. The Morgan fingerprint density at radius 3 is 2.72 bits per heavy atom. The zero-order valence-corrected chi connectivity index (χ0v) is 10.3. The first-order valence-corrected chi connectivity index (χ1v) is 5.91. The number of amides is 1. The number of aliphatic hydroxyl groups is 1. The van der Waals surface area contributed by atoms with Crippen LogP contribution >= 0.6 is 0 Å². The van der Waals surface area contributed by atoms with E-state index in [0.717, 1.165) is 17.7 Å².